The summed E-state index contributed by atoms with van der Waals surface area (Å²) < 4.78 is 16.4. The zero-order chi connectivity index (χ0) is 24.3. The lowest BCUT2D eigenvalue weighted by molar-refractivity contribution is -0.143. The fourth-order valence-electron chi connectivity index (χ4n) is 3.89. The minimum atomic E-state index is -0.735. The first-order chi connectivity index (χ1) is 16.7. The van der Waals surface area contributed by atoms with E-state index in [9.17, 15) is 9.90 Å². The summed E-state index contributed by atoms with van der Waals surface area (Å²) in [6.07, 6.45) is 2.31. The van der Waals surface area contributed by atoms with Crippen LogP contribution in [0.25, 0.3) is 0 Å². The molecule has 0 bridgehead atoms. The molecule has 9 nitrogen and oxygen atoms in total. The first-order valence-electron chi connectivity index (χ1n) is 12.7. The summed E-state index contributed by atoms with van der Waals surface area (Å²) in [4.78, 5) is 14.1. The van der Waals surface area contributed by atoms with Crippen molar-refractivity contribution in [3.63, 3.8) is 0 Å². The van der Waals surface area contributed by atoms with E-state index in [1.54, 1.807) is 0 Å². The number of nitrogens with zero attached hydrogens (tertiary/aromatic N) is 1. The second kappa shape index (κ2) is 18.6. The maximum Gasteiger partial charge on any atom is 0.320 e. The van der Waals surface area contributed by atoms with E-state index in [0.29, 0.717) is 39.5 Å². The van der Waals surface area contributed by atoms with E-state index >= 15 is 0 Å². The summed E-state index contributed by atoms with van der Waals surface area (Å²) in [5.74, 6) is 0.0797. The summed E-state index contributed by atoms with van der Waals surface area (Å²) in [5, 5.41) is 20.1. The summed E-state index contributed by atoms with van der Waals surface area (Å²) >= 11 is 0. The van der Waals surface area contributed by atoms with Crippen molar-refractivity contribution in [3.05, 3.63) is 29.8 Å². The highest BCUT2D eigenvalue weighted by Gasteiger charge is 2.24. The van der Waals surface area contributed by atoms with Crippen molar-refractivity contribution in [3.8, 4) is 5.75 Å². The maximum atomic E-state index is 12.0. The standard InChI is InChI=1S/C25H44N4O5/c1-2-32-18-19-33-20-21-34-23-8-6-22(7-9-23)4-3-5-24(25(30)31)29-16-14-27-12-10-26-11-13-28-15-17-29/h6-9,24,26-28H,2-5,10-21H2,1H3,(H,30,31). The molecule has 2 rings (SSSR count). The van der Waals surface area contributed by atoms with Crippen LogP contribution in [0.5, 0.6) is 5.75 Å². The average Bonchev–Trinajstić information content (AvgIpc) is 2.83. The fourth-order valence-corrected chi connectivity index (χ4v) is 3.89. The Balaban J connectivity index is 1.72. The van der Waals surface area contributed by atoms with E-state index < -0.39 is 12.0 Å². The van der Waals surface area contributed by atoms with E-state index in [0.717, 1.165) is 70.9 Å². The third kappa shape index (κ3) is 12.6. The molecule has 0 amide bonds. The number of carbonyl (C=O) groups is 1. The number of benzene rings is 1. The van der Waals surface area contributed by atoms with Crippen molar-refractivity contribution >= 4 is 5.97 Å². The number of carboxylic acid groups (broad SMARTS) is 1. The van der Waals surface area contributed by atoms with Crippen LogP contribution in [0.1, 0.15) is 25.3 Å². The molecule has 1 aliphatic rings. The quantitative estimate of drug-likeness (QED) is 0.290. The summed E-state index contributed by atoms with van der Waals surface area (Å²) in [6, 6.07) is 7.58. The van der Waals surface area contributed by atoms with Crippen LogP contribution >= 0.6 is 0 Å². The van der Waals surface area contributed by atoms with Gasteiger partial charge in [0.1, 0.15) is 18.4 Å². The van der Waals surface area contributed by atoms with Crippen molar-refractivity contribution in [2.24, 2.45) is 0 Å². The van der Waals surface area contributed by atoms with Gasteiger partial charge in [-0.15, -0.1) is 0 Å². The van der Waals surface area contributed by atoms with Gasteiger partial charge in [0.2, 0.25) is 0 Å². The van der Waals surface area contributed by atoms with E-state index in [2.05, 4.69) is 33.0 Å². The van der Waals surface area contributed by atoms with Gasteiger partial charge in [-0.3, -0.25) is 9.69 Å². The van der Waals surface area contributed by atoms with Gasteiger partial charge >= 0.3 is 5.97 Å². The molecule has 1 atom stereocenters. The number of rotatable bonds is 14. The first-order valence-corrected chi connectivity index (χ1v) is 12.7. The fraction of sp³-hybridized carbons (Fsp3) is 0.720. The van der Waals surface area contributed by atoms with Crippen molar-refractivity contribution in [2.45, 2.75) is 32.2 Å². The molecule has 0 aliphatic carbocycles. The van der Waals surface area contributed by atoms with Gasteiger partial charge in [-0.1, -0.05) is 12.1 Å². The first kappa shape index (κ1) is 28.5. The van der Waals surface area contributed by atoms with Gasteiger partial charge in [0.15, 0.2) is 0 Å². The Morgan fingerprint density at radius 1 is 0.912 bits per heavy atom. The van der Waals surface area contributed by atoms with Gasteiger partial charge in [-0.05, 0) is 43.9 Å². The number of hydrogen-bond acceptors (Lipinski definition) is 8. The van der Waals surface area contributed by atoms with Gasteiger partial charge in [-0.2, -0.15) is 0 Å². The Morgan fingerprint density at radius 2 is 1.50 bits per heavy atom. The third-order valence-corrected chi connectivity index (χ3v) is 5.77. The highest BCUT2D eigenvalue weighted by molar-refractivity contribution is 5.73. The molecule has 0 saturated carbocycles. The Morgan fingerprint density at radius 3 is 2.12 bits per heavy atom. The largest absolute Gasteiger partial charge is 0.491 e. The van der Waals surface area contributed by atoms with Gasteiger partial charge in [-0.25, -0.2) is 0 Å². The number of hydrogen-bond donors (Lipinski definition) is 4. The molecule has 0 spiro atoms. The molecule has 1 heterocycles. The van der Waals surface area contributed by atoms with Crippen LogP contribution in [-0.2, 0) is 20.7 Å². The average molecular weight is 481 g/mol. The van der Waals surface area contributed by atoms with E-state index in [1.807, 2.05) is 19.1 Å². The molecular formula is C25H44N4O5. The van der Waals surface area contributed by atoms with Crippen molar-refractivity contribution < 1.29 is 24.1 Å². The SMILES string of the molecule is CCOCCOCCOc1ccc(CCCC(C(=O)O)N2CCNCCNCCNCC2)cc1. The summed E-state index contributed by atoms with van der Waals surface area (Å²) in [6.45, 7) is 11.6. The number of nitrogens with one attached hydrogen (secondary N) is 3. The Hall–Kier alpha value is -1.75. The van der Waals surface area contributed by atoms with Crippen LogP contribution in [0.15, 0.2) is 24.3 Å². The molecule has 0 aromatic heterocycles. The number of aryl methyl sites for hydroxylation is 1. The molecule has 1 unspecified atom stereocenters. The second-order valence-corrected chi connectivity index (χ2v) is 8.33. The van der Waals surface area contributed by atoms with Crippen LogP contribution in [0, 0.1) is 0 Å². The predicted molar refractivity (Wildman–Crippen MR) is 134 cm³/mol. The van der Waals surface area contributed by atoms with E-state index in [1.165, 1.54) is 5.56 Å². The molecule has 9 heteroatoms. The molecule has 1 aliphatic heterocycles. The lowest BCUT2D eigenvalue weighted by Crippen LogP contribution is -2.48. The van der Waals surface area contributed by atoms with Crippen molar-refractivity contribution in [2.75, 3.05) is 85.4 Å². The van der Waals surface area contributed by atoms with Gasteiger partial charge < -0.3 is 35.3 Å². The maximum absolute atomic E-state index is 12.0. The molecule has 194 valence electrons. The molecular weight excluding hydrogens is 436 g/mol. The zero-order valence-corrected chi connectivity index (χ0v) is 20.7. The second-order valence-electron chi connectivity index (χ2n) is 8.33. The molecule has 1 fully saturated rings. The topological polar surface area (TPSA) is 104 Å². The van der Waals surface area contributed by atoms with Gasteiger partial charge in [0, 0.05) is 59.0 Å². The van der Waals surface area contributed by atoms with Gasteiger partial charge in [0.05, 0.1) is 19.8 Å². The van der Waals surface area contributed by atoms with Crippen molar-refractivity contribution in [1.82, 2.24) is 20.9 Å². The summed E-state index contributed by atoms with van der Waals surface area (Å²) in [5.41, 5.74) is 1.19. The lowest BCUT2D eigenvalue weighted by atomic mass is 10.0. The molecule has 34 heavy (non-hydrogen) atoms. The molecule has 0 radical (unpaired) electrons. The lowest BCUT2D eigenvalue weighted by Gasteiger charge is -2.29. The molecule has 4 N–H and O–H groups in total. The normalized spacial score (nSPS) is 17.4. The number of aliphatic carboxylic acids is 1. The van der Waals surface area contributed by atoms with E-state index in [-0.39, 0.29) is 0 Å². The zero-order valence-electron chi connectivity index (χ0n) is 20.7. The third-order valence-electron chi connectivity index (χ3n) is 5.77. The highest BCUT2D eigenvalue weighted by atomic mass is 16.5. The Kier molecular flexibility index (Phi) is 15.6. The minimum absolute atomic E-state index is 0.463. The van der Waals surface area contributed by atoms with Gasteiger partial charge in [0.25, 0.3) is 0 Å². The van der Waals surface area contributed by atoms with Crippen molar-refractivity contribution in [1.29, 1.82) is 0 Å². The van der Waals surface area contributed by atoms with Crippen LogP contribution < -0.4 is 20.7 Å². The number of carboxylic acids is 1. The smallest absolute Gasteiger partial charge is 0.320 e. The van der Waals surface area contributed by atoms with Crippen LogP contribution in [0.3, 0.4) is 0 Å². The van der Waals surface area contributed by atoms with Crippen LogP contribution in [0.4, 0.5) is 0 Å². The van der Waals surface area contributed by atoms with Crippen LogP contribution in [0.2, 0.25) is 0 Å². The molecule has 1 saturated heterocycles. The number of ether oxygens (including phenoxy) is 3. The summed E-state index contributed by atoms with van der Waals surface area (Å²) in [7, 11) is 0. The minimum Gasteiger partial charge on any atom is -0.491 e. The van der Waals surface area contributed by atoms with Crippen LogP contribution in [-0.4, -0.2) is 107 Å². The molecule has 1 aromatic rings. The molecule has 1 aromatic carbocycles. The Bertz CT molecular complexity index is 635. The van der Waals surface area contributed by atoms with E-state index in [4.69, 9.17) is 14.2 Å². The highest BCUT2D eigenvalue weighted by Crippen LogP contribution is 2.16. The monoisotopic (exact) mass is 480 g/mol. The Labute approximate surface area is 204 Å². The predicted octanol–water partition coefficient (Wildman–Crippen LogP) is 0.979.